The molecule has 1 N–H and O–H groups in total. The van der Waals surface area contributed by atoms with E-state index in [0.29, 0.717) is 33.1 Å². The summed E-state index contributed by atoms with van der Waals surface area (Å²) >= 11 is 0.381. The maximum atomic E-state index is 13.9. The first kappa shape index (κ1) is 36.1. The normalized spacial score (nSPS) is 15.5. The highest BCUT2D eigenvalue weighted by atomic mass is 32.2. The third-order valence-corrected chi connectivity index (χ3v) is 6.95. The minimum atomic E-state index is -7.91. The quantitative estimate of drug-likeness (QED) is 0.0470. The molecule has 0 unspecified atom stereocenters. The van der Waals surface area contributed by atoms with Gasteiger partial charge in [-0.2, -0.15) is 68.8 Å². The maximum Gasteiger partial charge on any atom is 0.460 e. The smallest absolute Gasteiger partial charge is 0.327 e. The minimum absolute atomic E-state index is 0.320. The van der Waals surface area contributed by atoms with Gasteiger partial charge in [-0.1, -0.05) is 12.1 Å². The summed E-state index contributed by atoms with van der Waals surface area (Å²) in [6.07, 6.45) is -8.47. The highest BCUT2D eigenvalue weighted by Gasteiger charge is 2.90. The summed E-state index contributed by atoms with van der Waals surface area (Å²) in [6.45, 7) is 3.45. The molecule has 1 aromatic carbocycles. The summed E-state index contributed by atoms with van der Waals surface area (Å²) in [5.74, 6) is -38.3. The summed E-state index contributed by atoms with van der Waals surface area (Å²) in [7, 11) is 5.92. The number of rotatable bonds is 13. The zero-order valence-corrected chi connectivity index (χ0v) is 22.7. The molecule has 40 heavy (non-hydrogen) atoms. The van der Waals surface area contributed by atoms with Crippen LogP contribution in [0.25, 0.3) is 0 Å². The molecule has 0 saturated heterocycles. The van der Waals surface area contributed by atoms with E-state index in [1.165, 1.54) is 20.1 Å². The van der Waals surface area contributed by atoms with Crippen molar-refractivity contribution in [3.05, 3.63) is 35.4 Å². The van der Waals surface area contributed by atoms with Crippen LogP contribution in [0.2, 0.25) is 0 Å². The maximum absolute atomic E-state index is 13.9. The highest BCUT2D eigenvalue weighted by molar-refractivity contribution is 7.99. The molecule has 0 fully saturated rings. The Labute approximate surface area is 226 Å². The number of hydrogen-bond donors (Lipinski definition) is 1. The van der Waals surface area contributed by atoms with Gasteiger partial charge >= 0.3 is 35.8 Å². The average Bonchev–Trinajstić information content (AvgIpc) is 2.75. The van der Waals surface area contributed by atoms with Crippen LogP contribution < -0.4 is 0 Å². The van der Waals surface area contributed by atoms with Gasteiger partial charge in [0.25, 0.3) is 0 Å². The molecule has 0 bridgehead atoms. The zero-order valence-electron chi connectivity index (χ0n) is 21.9. The van der Waals surface area contributed by atoms with E-state index in [9.17, 15) is 62.3 Å². The van der Waals surface area contributed by atoms with Crippen LogP contribution >= 0.6 is 11.8 Å². The van der Waals surface area contributed by atoms with Crippen LogP contribution in [0.1, 0.15) is 31.4 Å². The summed E-state index contributed by atoms with van der Waals surface area (Å²) < 4.78 is 173. The SMILES string of the molecule is CC(C)(CSCCC(F)(F)C(F)(F)C(F)(F)C(F)(F)C(F)(F)C(F)(F)F)[N+](O)=Cc1ccc(C[N+](C)(C)C)cc1. The summed E-state index contributed by atoms with van der Waals surface area (Å²) in [4.78, 5) is 0. The van der Waals surface area contributed by atoms with Gasteiger partial charge in [0.05, 0.1) is 26.9 Å². The van der Waals surface area contributed by atoms with E-state index in [2.05, 4.69) is 0 Å². The third-order valence-electron chi connectivity index (χ3n) is 5.54. The van der Waals surface area contributed by atoms with Crippen molar-refractivity contribution in [3.63, 3.8) is 0 Å². The van der Waals surface area contributed by atoms with Crippen LogP contribution in [-0.4, -0.2) is 94.6 Å². The number of nitrogens with zero attached hydrogens (tertiary/aromatic N) is 2. The molecule has 0 aromatic heterocycles. The van der Waals surface area contributed by atoms with Crippen LogP contribution in [0.3, 0.4) is 0 Å². The van der Waals surface area contributed by atoms with E-state index in [4.69, 9.17) is 0 Å². The van der Waals surface area contributed by atoms with Gasteiger partial charge in [0.15, 0.2) is 0 Å². The molecular weight excluding hydrogens is 599 g/mol. The first-order chi connectivity index (χ1) is 17.5. The van der Waals surface area contributed by atoms with Gasteiger partial charge in [-0.25, -0.2) is 0 Å². The monoisotopic (exact) mass is 628 g/mol. The van der Waals surface area contributed by atoms with Crippen molar-refractivity contribution in [1.29, 1.82) is 0 Å². The van der Waals surface area contributed by atoms with Crippen molar-refractivity contribution in [2.45, 2.75) is 68.1 Å². The van der Waals surface area contributed by atoms with Crippen LogP contribution in [0.4, 0.5) is 57.1 Å². The first-order valence-corrected chi connectivity index (χ1v) is 12.4. The Balaban J connectivity index is 2.94. The molecule has 0 aliphatic heterocycles. The number of hydrogen-bond acceptors (Lipinski definition) is 2. The Bertz CT molecular complexity index is 1030. The fraction of sp³-hybridized carbons (Fsp3) is 0.696. The topological polar surface area (TPSA) is 23.2 Å². The molecule has 1 rings (SSSR count). The third kappa shape index (κ3) is 7.48. The van der Waals surface area contributed by atoms with E-state index in [-0.39, 0.29) is 5.75 Å². The van der Waals surface area contributed by atoms with Gasteiger partial charge < -0.3 is 4.48 Å². The molecule has 1 aromatic rings. The van der Waals surface area contributed by atoms with Gasteiger partial charge in [-0.15, -0.1) is 0 Å². The van der Waals surface area contributed by atoms with E-state index in [0.717, 1.165) is 5.56 Å². The Morgan fingerprint density at radius 3 is 1.62 bits per heavy atom. The molecule has 0 radical (unpaired) electrons. The number of benzene rings is 1. The van der Waals surface area contributed by atoms with E-state index < -0.39 is 53.5 Å². The minimum Gasteiger partial charge on any atom is -0.327 e. The number of hydroxylamine groups is 1. The lowest BCUT2D eigenvalue weighted by atomic mass is 9.93. The second-order valence-electron chi connectivity index (χ2n) is 10.8. The Morgan fingerprint density at radius 1 is 0.750 bits per heavy atom. The van der Waals surface area contributed by atoms with Crippen LogP contribution in [0.5, 0.6) is 0 Å². The summed E-state index contributed by atoms with van der Waals surface area (Å²) in [6, 6.07) is 6.91. The molecular formula is C23H29F13N2OS+2. The highest BCUT2D eigenvalue weighted by Crippen LogP contribution is 2.60. The van der Waals surface area contributed by atoms with E-state index in [1.807, 2.05) is 21.1 Å². The van der Waals surface area contributed by atoms with Gasteiger partial charge in [0.1, 0.15) is 6.54 Å². The number of thioether (sulfide) groups is 1. The van der Waals surface area contributed by atoms with Crippen molar-refractivity contribution in [3.8, 4) is 0 Å². The second kappa shape index (κ2) is 11.4. The molecule has 0 atom stereocenters. The van der Waals surface area contributed by atoms with Gasteiger partial charge in [0.2, 0.25) is 11.8 Å². The van der Waals surface area contributed by atoms with Gasteiger partial charge in [-0.3, -0.25) is 5.21 Å². The van der Waals surface area contributed by atoms with Crippen LogP contribution in [-0.2, 0) is 6.54 Å². The molecule has 232 valence electrons. The number of quaternary nitrogens is 1. The average molecular weight is 629 g/mol. The van der Waals surface area contributed by atoms with Crippen molar-refractivity contribution < 1.29 is 71.5 Å². The zero-order chi connectivity index (χ0) is 31.8. The fourth-order valence-electron chi connectivity index (χ4n) is 3.12. The van der Waals surface area contributed by atoms with Gasteiger partial charge in [-0.05, 0) is 22.6 Å². The first-order valence-electron chi connectivity index (χ1n) is 11.3. The van der Waals surface area contributed by atoms with Crippen molar-refractivity contribution in [2.24, 2.45) is 0 Å². The van der Waals surface area contributed by atoms with Crippen molar-refractivity contribution >= 4 is 18.0 Å². The van der Waals surface area contributed by atoms with Crippen LogP contribution in [0, 0.1) is 0 Å². The molecule has 0 saturated carbocycles. The predicted octanol–water partition coefficient (Wildman–Crippen LogP) is 7.35. The van der Waals surface area contributed by atoms with Crippen molar-refractivity contribution in [2.75, 3.05) is 32.6 Å². The van der Waals surface area contributed by atoms with Crippen molar-refractivity contribution in [1.82, 2.24) is 0 Å². The summed E-state index contributed by atoms with van der Waals surface area (Å²) in [5.41, 5.74) is 0.206. The molecule has 0 spiro atoms. The molecule has 0 amide bonds. The molecule has 0 aliphatic carbocycles. The molecule has 0 heterocycles. The summed E-state index contributed by atoms with van der Waals surface area (Å²) in [5, 5.41) is 10.4. The lowest BCUT2D eigenvalue weighted by Crippen LogP contribution is -2.70. The second-order valence-corrected chi connectivity index (χ2v) is 11.9. The van der Waals surface area contributed by atoms with E-state index >= 15 is 0 Å². The Morgan fingerprint density at radius 2 is 1.20 bits per heavy atom. The number of halogens is 13. The lowest BCUT2D eigenvalue weighted by molar-refractivity contribution is -0.884. The predicted molar refractivity (Wildman–Crippen MR) is 122 cm³/mol. The van der Waals surface area contributed by atoms with E-state index in [1.54, 1.807) is 24.3 Å². The molecule has 3 nitrogen and oxygen atoms in total. The fourth-order valence-corrected chi connectivity index (χ4v) is 4.30. The van der Waals surface area contributed by atoms with Gasteiger partial charge in [0, 0.05) is 31.4 Å². The lowest BCUT2D eigenvalue weighted by Gasteiger charge is -2.39. The Hall–Kier alpha value is -1.91. The van der Waals surface area contributed by atoms with Crippen LogP contribution in [0.15, 0.2) is 24.3 Å². The Kier molecular flexibility index (Phi) is 10.3. The molecule has 17 heteroatoms. The molecule has 0 aliphatic rings. The largest absolute Gasteiger partial charge is 0.460 e. The number of alkyl halides is 13. The standard InChI is InChI=1S/C23H29F13N2OS/c1-17(2,37(39)12-15-6-8-16(9-7-15)13-38(3,4)5)14-40-11-10-18(24,25)19(26,27)20(28,29)21(30,31)22(32,33)23(34,35)36/h6-9,12,39H,10-11,13-14H2,1-5H3/q+2.